The first-order valence-electron chi connectivity index (χ1n) is 11.4. The number of hydrogen-bond donors (Lipinski definition) is 1. The Morgan fingerprint density at radius 2 is 1.69 bits per heavy atom. The highest BCUT2D eigenvalue weighted by Gasteiger charge is 2.49. The number of halogens is 8. The van der Waals surface area contributed by atoms with Crippen LogP contribution < -0.4 is 8.86 Å². The fourth-order valence-electron chi connectivity index (χ4n) is 3.77. The van der Waals surface area contributed by atoms with Gasteiger partial charge in [-0.05, 0) is 47.6 Å². The molecule has 3 aromatic heterocycles. The number of alkyl halides is 6. The smallest absolute Gasteiger partial charge is 0.376 e. The van der Waals surface area contributed by atoms with E-state index in [1.165, 1.54) is 41.3 Å². The van der Waals surface area contributed by atoms with E-state index in [0.29, 0.717) is 23.2 Å². The molecule has 0 unspecified atom stereocenters. The Hall–Kier alpha value is -4.74. The van der Waals surface area contributed by atoms with Crippen molar-refractivity contribution in [2.24, 2.45) is 0 Å². The summed E-state index contributed by atoms with van der Waals surface area (Å²) in [4.78, 5) is 7.04. The summed E-state index contributed by atoms with van der Waals surface area (Å²) in [6.07, 6.45) is -2.30. The molecule has 0 aliphatic carbocycles. The average molecular weight is 617 g/mol. The quantitative estimate of drug-likeness (QED) is 0.124. The summed E-state index contributed by atoms with van der Waals surface area (Å²) < 4.78 is 134. The molecular weight excluding hydrogens is 604 g/mol. The first-order valence-corrected chi connectivity index (χ1v) is 12.8. The van der Waals surface area contributed by atoms with Crippen molar-refractivity contribution in [3.63, 3.8) is 0 Å². The number of nitrogens with one attached hydrogen (secondary N) is 1. The van der Waals surface area contributed by atoms with Gasteiger partial charge in [0.15, 0.2) is 11.6 Å². The number of hydrogen-bond acceptors (Lipinski definition) is 7. The van der Waals surface area contributed by atoms with Gasteiger partial charge in [-0.3, -0.25) is 0 Å². The van der Waals surface area contributed by atoms with E-state index in [-0.39, 0.29) is 35.4 Å². The van der Waals surface area contributed by atoms with Crippen molar-refractivity contribution in [3.8, 4) is 28.4 Å². The molecule has 0 saturated carbocycles. The van der Waals surface area contributed by atoms with Gasteiger partial charge < -0.3 is 9.17 Å². The van der Waals surface area contributed by atoms with Crippen molar-refractivity contribution >= 4 is 21.2 Å². The van der Waals surface area contributed by atoms with E-state index in [4.69, 9.17) is 0 Å². The maximum Gasteiger partial charge on any atom is 0.534 e. The lowest BCUT2D eigenvalue weighted by molar-refractivity contribution is -0.745. The second-order valence-electron chi connectivity index (χ2n) is 8.56. The van der Waals surface area contributed by atoms with Gasteiger partial charge in [-0.15, -0.1) is 5.10 Å². The molecule has 0 amide bonds. The normalized spacial score (nSPS) is 12.6. The maximum absolute atomic E-state index is 14.2. The molecule has 5 rings (SSSR count). The summed E-state index contributed by atoms with van der Waals surface area (Å²) in [5.41, 5.74) is -7.40. The van der Waals surface area contributed by atoms with Crippen molar-refractivity contribution in [3.05, 3.63) is 83.8 Å². The number of H-pyrrole nitrogens is 1. The number of aromatic amines is 1. The first kappa shape index (κ1) is 28.8. The SMILES string of the molecule is O=S(=O)(Oc1ccc(-c2ccc(C[n+]3cc4[nH]c(-c5cccc(F)c5F)nc4cn3)nn2)c(C(F)(F)F)c1)C(F)(F)F. The Labute approximate surface area is 229 Å². The number of imidazole rings is 1. The molecule has 42 heavy (non-hydrogen) atoms. The fourth-order valence-corrected chi connectivity index (χ4v) is 4.22. The van der Waals surface area contributed by atoms with E-state index in [1.807, 2.05) is 0 Å². The Kier molecular flexibility index (Phi) is 7.04. The lowest BCUT2D eigenvalue weighted by atomic mass is 10.0. The van der Waals surface area contributed by atoms with Crippen LogP contribution in [0.25, 0.3) is 33.7 Å². The van der Waals surface area contributed by atoms with Gasteiger partial charge in [0.1, 0.15) is 34.5 Å². The Balaban J connectivity index is 1.39. The van der Waals surface area contributed by atoms with Crippen LogP contribution in [0.1, 0.15) is 11.3 Å². The predicted octanol–water partition coefficient (Wildman–Crippen LogP) is 4.94. The summed E-state index contributed by atoms with van der Waals surface area (Å²) >= 11 is 0. The van der Waals surface area contributed by atoms with E-state index in [0.717, 1.165) is 6.07 Å². The van der Waals surface area contributed by atoms with Crippen LogP contribution in [-0.4, -0.2) is 39.2 Å². The van der Waals surface area contributed by atoms with Crippen LogP contribution in [0, 0.1) is 11.6 Å². The van der Waals surface area contributed by atoms with Gasteiger partial charge in [0, 0.05) is 5.56 Å². The zero-order valence-electron chi connectivity index (χ0n) is 20.4. The van der Waals surface area contributed by atoms with Crippen molar-refractivity contribution < 1.29 is 52.4 Å². The summed E-state index contributed by atoms with van der Waals surface area (Å²) in [5, 5.41) is 11.8. The summed E-state index contributed by atoms with van der Waals surface area (Å²) in [6, 6.07) is 7.53. The third kappa shape index (κ3) is 5.69. The summed E-state index contributed by atoms with van der Waals surface area (Å²) in [6.45, 7) is -0.0277. The minimum atomic E-state index is -6.20. The minimum absolute atomic E-state index is 0.0277. The number of fused-ring (bicyclic) bond motifs is 1. The Bertz CT molecular complexity index is 1910. The standard InChI is InChI=1S/C24H12F8N6O3S/c25-17-3-1-2-15(21(17)26)22-34-19-9-33-38(11-20(19)35-22)10-12-4-7-18(37-36-12)14-6-5-13(8-16(14)23(27,28)29)41-42(39,40)24(30,31)32/h1-9,11H,10H2/p+1. The van der Waals surface area contributed by atoms with Crippen molar-refractivity contribution in [2.75, 3.05) is 0 Å². The van der Waals surface area contributed by atoms with E-state index in [9.17, 15) is 43.5 Å². The highest BCUT2D eigenvalue weighted by atomic mass is 32.2. The van der Waals surface area contributed by atoms with Crippen LogP contribution in [0.3, 0.4) is 0 Å². The lowest BCUT2D eigenvalue weighted by Gasteiger charge is -2.15. The van der Waals surface area contributed by atoms with E-state index >= 15 is 0 Å². The average Bonchev–Trinajstić information content (AvgIpc) is 3.32. The van der Waals surface area contributed by atoms with Gasteiger partial charge in [-0.25, -0.2) is 13.8 Å². The van der Waals surface area contributed by atoms with Gasteiger partial charge in [0.25, 0.3) is 0 Å². The summed E-state index contributed by atoms with van der Waals surface area (Å²) in [7, 11) is -6.20. The van der Waals surface area contributed by atoms with Crippen LogP contribution in [0.15, 0.2) is 60.9 Å². The molecule has 0 spiro atoms. The first-order chi connectivity index (χ1) is 19.6. The summed E-state index contributed by atoms with van der Waals surface area (Å²) in [5.74, 6) is -3.29. The zero-order valence-corrected chi connectivity index (χ0v) is 21.2. The molecule has 2 aromatic carbocycles. The van der Waals surface area contributed by atoms with E-state index < -0.39 is 50.3 Å². The highest BCUT2D eigenvalue weighted by Crippen LogP contribution is 2.39. The van der Waals surface area contributed by atoms with Crippen LogP contribution in [-0.2, 0) is 22.8 Å². The van der Waals surface area contributed by atoms with Gasteiger partial charge in [0.05, 0.1) is 16.8 Å². The molecule has 0 aliphatic heterocycles. The minimum Gasteiger partial charge on any atom is -0.376 e. The van der Waals surface area contributed by atoms with Gasteiger partial charge in [-0.2, -0.15) is 39.9 Å². The molecule has 0 bridgehead atoms. The van der Waals surface area contributed by atoms with Crippen molar-refractivity contribution in [1.82, 2.24) is 25.3 Å². The second kappa shape index (κ2) is 10.3. The molecule has 1 N–H and O–H groups in total. The molecule has 0 fully saturated rings. The van der Waals surface area contributed by atoms with Crippen LogP contribution in [0.2, 0.25) is 0 Å². The molecule has 0 atom stereocenters. The van der Waals surface area contributed by atoms with Gasteiger partial charge >= 0.3 is 21.8 Å². The topological polar surface area (TPSA) is 115 Å². The molecule has 3 heterocycles. The number of aromatic nitrogens is 6. The highest BCUT2D eigenvalue weighted by molar-refractivity contribution is 7.88. The Morgan fingerprint density at radius 1 is 0.929 bits per heavy atom. The van der Waals surface area contributed by atoms with E-state index in [1.54, 1.807) is 0 Å². The molecule has 0 aliphatic rings. The van der Waals surface area contributed by atoms with Crippen LogP contribution >= 0.6 is 0 Å². The lowest BCUT2D eigenvalue weighted by Crippen LogP contribution is -2.38. The Morgan fingerprint density at radius 3 is 2.36 bits per heavy atom. The third-order valence-corrected chi connectivity index (χ3v) is 6.66. The van der Waals surface area contributed by atoms with Gasteiger partial charge in [-0.1, -0.05) is 10.7 Å². The number of benzene rings is 2. The van der Waals surface area contributed by atoms with E-state index in [2.05, 4.69) is 29.4 Å². The molecule has 9 nitrogen and oxygen atoms in total. The molecule has 0 radical (unpaired) electrons. The largest absolute Gasteiger partial charge is 0.534 e. The molecule has 218 valence electrons. The van der Waals surface area contributed by atoms with Gasteiger partial charge in [0.2, 0.25) is 12.7 Å². The number of rotatable bonds is 6. The molecule has 18 heteroatoms. The van der Waals surface area contributed by atoms with Crippen molar-refractivity contribution in [2.45, 2.75) is 18.2 Å². The molecule has 5 aromatic rings. The molecule has 0 saturated heterocycles. The second-order valence-corrected chi connectivity index (χ2v) is 10.1. The zero-order chi connectivity index (χ0) is 30.4. The van der Waals surface area contributed by atoms with Crippen LogP contribution in [0.4, 0.5) is 35.1 Å². The molecular formula is C24H13F8N6O3S+. The van der Waals surface area contributed by atoms with Crippen molar-refractivity contribution in [1.29, 1.82) is 0 Å². The monoisotopic (exact) mass is 617 g/mol. The third-order valence-electron chi connectivity index (χ3n) is 5.68. The number of nitrogens with zero attached hydrogens (tertiary/aromatic N) is 5. The van der Waals surface area contributed by atoms with Crippen LogP contribution in [0.5, 0.6) is 5.75 Å². The predicted molar refractivity (Wildman–Crippen MR) is 127 cm³/mol. The maximum atomic E-state index is 14.2. The fraction of sp³-hybridized carbons (Fsp3) is 0.125.